The van der Waals surface area contributed by atoms with Gasteiger partial charge in [0.25, 0.3) is 0 Å². The van der Waals surface area contributed by atoms with Crippen LogP contribution < -0.4 is 5.32 Å². The number of benzene rings is 1. The van der Waals surface area contributed by atoms with Gasteiger partial charge in [-0.25, -0.2) is 9.37 Å². The van der Waals surface area contributed by atoms with Crippen molar-refractivity contribution in [1.82, 2.24) is 9.55 Å². The number of hydrogen-bond acceptors (Lipinski definition) is 3. The van der Waals surface area contributed by atoms with Crippen molar-refractivity contribution in [2.24, 2.45) is 7.05 Å². The predicted octanol–water partition coefficient (Wildman–Crippen LogP) is 4.13. The zero-order valence-electron chi connectivity index (χ0n) is 11.9. The number of rotatable bonds is 4. The number of halogens is 1. The second kappa shape index (κ2) is 5.69. The lowest BCUT2D eigenvalue weighted by molar-refractivity contribution is 0.618. The van der Waals surface area contributed by atoms with Gasteiger partial charge in [0.15, 0.2) is 0 Å². The van der Waals surface area contributed by atoms with Gasteiger partial charge in [0.1, 0.15) is 17.7 Å². The molecule has 3 nitrogen and oxygen atoms in total. The zero-order chi connectivity index (χ0) is 14.8. The summed E-state index contributed by atoms with van der Waals surface area (Å²) in [5.74, 6) is 0.697. The van der Waals surface area contributed by atoms with Gasteiger partial charge in [-0.2, -0.15) is 0 Å². The Morgan fingerprint density at radius 3 is 2.81 bits per heavy atom. The summed E-state index contributed by atoms with van der Waals surface area (Å²) in [6, 6.07) is 9.17. The highest BCUT2D eigenvalue weighted by molar-refractivity contribution is 7.10. The fourth-order valence-corrected chi connectivity index (χ4v) is 2.99. The summed E-state index contributed by atoms with van der Waals surface area (Å²) in [5.41, 5.74) is 1.39. The van der Waals surface area contributed by atoms with Crippen LogP contribution in [0.3, 0.4) is 0 Å². The van der Waals surface area contributed by atoms with Gasteiger partial charge in [-0.05, 0) is 36.1 Å². The van der Waals surface area contributed by atoms with Crippen LogP contribution in [0.4, 0.5) is 10.1 Å². The first kappa shape index (κ1) is 13.8. The molecule has 0 fully saturated rings. The van der Waals surface area contributed by atoms with Crippen LogP contribution in [0.5, 0.6) is 0 Å². The van der Waals surface area contributed by atoms with Gasteiger partial charge < -0.3 is 9.88 Å². The maximum absolute atomic E-state index is 13.7. The van der Waals surface area contributed by atoms with E-state index < -0.39 is 0 Å². The van der Waals surface area contributed by atoms with Crippen LogP contribution in [0.25, 0.3) is 0 Å². The van der Waals surface area contributed by atoms with E-state index in [1.807, 2.05) is 35.3 Å². The van der Waals surface area contributed by atoms with E-state index in [2.05, 4.69) is 16.4 Å². The van der Waals surface area contributed by atoms with Crippen LogP contribution in [0.15, 0.2) is 48.1 Å². The number of anilines is 1. The number of thiophene rings is 1. The first-order valence-electron chi connectivity index (χ1n) is 6.68. The predicted molar refractivity (Wildman–Crippen MR) is 84.1 cm³/mol. The molecule has 3 rings (SSSR count). The van der Waals surface area contributed by atoms with Gasteiger partial charge in [0.05, 0.1) is 0 Å². The maximum atomic E-state index is 13.7. The first-order chi connectivity index (χ1) is 10.1. The Balaban J connectivity index is 1.97. The minimum absolute atomic E-state index is 0.0906. The molecule has 0 amide bonds. The highest BCUT2D eigenvalue weighted by atomic mass is 32.1. The van der Waals surface area contributed by atoms with E-state index in [4.69, 9.17) is 0 Å². The van der Waals surface area contributed by atoms with E-state index in [1.165, 1.54) is 6.07 Å². The highest BCUT2D eigenvalue weighted by Crippen LogP contribution is 2.29. The molecule has 3 aromatic rings. The molecular formula is C16H16FN3S. The number of imidazole rings is 1. The van der Waals surface area contributed by atoms with Crippen LogP contribution in [0, 0.1) is 12.7 Å². The van der Waals surface area contributed by atoms with Crippen LogP contribution in [0.1, 0.15) is 22.3 Å². The second-order valence-corrected chi connectivity index (χ2v) is 5.93. The average Bonchev–Trinajstić information content (AvgIpc) is 3.12. The number of aryl methyl sites for hydroxylation is 2. The monoisotopic (exact) mass is 301 g/mol. The summed E-state index contributed by atoms with van der Waals surface area (Å²) < 4.78 is 15.7. The molecule has 0 aliphatic heterocycles. The number of nitrogens with zero attached hydrogens (tertiary/aromatic N) is 2. The number of hydrogen-bond donors (Lipinski definition) is 1. The summed E-state index contributed by atoms with van der Waals surface area (Å²) in [6.07, 6.45) is 3.68. The fourth-order valence-electron chi connectivity index (χ4n) is 2.22. The molecule has 2 aromatic heterocycles. The van der Waals surface area contributed by atoms with E-state index >= 15 is 0 Å². The third kappa shape index (κ3) is 2.83. The van der Waals surface area contributed by atoms with Crippen molar-refractivity contribution in [3.05, 3.63) is 70.2 Å². The molecule has 5 heteroatoms. The van der Waals surface area contributed by atoms with Crippen molar-refractivity contribution in [2.45, 2.75) is 13.0 Å². The Labute approximate surface area is 127 Å². The second-order valence-electron chi connectivity index (χ2n) is 4.95. The van der Waals surface area contributed by atoms with Crippen molar-refractivity contribution < 1.29 is 4.39 Å². The average molecular weight is 301 g/mol. The van der Waals surface area contributed by atoms with Crippen LogP contribution in [0.2, 0.25) is 0 Å². The van der Waals surface area contributed by atoms with Crippen molar-refractivity contribution in [3.8, 4) is 0 Å². The lowest BCUT2D eigenvalue weighted by Crippen LogP contribution is -2.15. The summed E-state index contributed by atoms with van der Waals surface area (Å²) >= 11 is 1.65. The Morgan fingerprint density at radius 2 is 2.19 bits per heavy atom. The molecule has 0 saturated carbocycles. The summed E-state index contributed by atoms with van der Waals surface area (Å²) in [7, 11) is 1.96. The molecule has 0 spiro atoms. The maximum Gasteiger partial charge on any atom is 0.136 e. The lowest BCUT2D eigenvalue weighted by Gasteiger charge is -2.19. The van der Waals surface area contributed by atoms with Crippen LogP contribution >= 0.6 is 11.3 Å². The Bertz CT molecular complexity index is 734. The van der Waals surface area contributed by atoms with E-state index in [9.17, 15) is 4.39 Å². The van der Waals surface area contributed by atoms with E-state index in [-0.39, 0.29) is 11.9 Å². The molecule has 0 bridgehead atoms. The molecule has 108 valence electrons. The Hall–Kier alpha value is -2.14. The molecular weight excluding hydrogens is 285 g/mol. The summed E-state index contributed by atoms with van der Waals surface area (Å²) in [6.45, 7) is 1.76. The summed E-state index contributed by atoms with van der Waals surface area (Å²) in [5, 5.41) is 5.41. The molecule has 21 heavy (non-hydrogen) atoms. The molecule has 0 saturated heterocycles. The molecule has 1 N–H and O–H groups in total. The third-order valence-corrected chi connectivity index (χ3v) is 4.36. The van der Waals surface area contributed by atoms with Crippen molar-refractivity contribution in [2.75, 3.05) is 5.32 Å². The molecule has 2 heterocycles. The Morgan fingerprint density at radius 1 is 1.33 bits per heavy atom. The number of aromatic nitrogens is 2. The van der Waals surface area contributed by atoms with Gasteiger partial charge in [-0.15, -0.1) is 11.3 Å². The normalized spacial score (nSPS) is 12.3. The van der Waals surface area contributed by atoms with Gasteiger partial charge in [-0.3, -0.25) is 0 Å². The van der Waals surface area contributed by atoms with Gasteiger partial charge >= 0.3 is 0 Å². The smallest absolute Gasteiger partial charge is 0.136 e. The zero-order valence-corrected chi connectivity index (χ0v) is 12.7. The topological polar surface area (TPSA) is 29.9 Å². The van der Waals surface area contributed by atoms with E-state index in [1.54, 1.807) is 30.5 Å². The fraction of sp³-hybridized carbons (Fsp3) is 0.188. The molecule has 0 radical (unpaired) electrons. The molecule has 0 aliphatic carbocycles. The summed E-state index contributed by atoms with van der Waals surface area (Å²) in [4.78, 5) is 5.57. The van der Waals surface area contributed by atoms with Crippen molar-refractivity contribution in [1.29, 1.82) is 0 Å². The van der Waals surface area contributed by atoms with Gasteiger partial charge in [0, 0.05) is 30.0 Å². The standard InChI is InChI=1S/C16H16FN3S/c1-11-5-6-12(10-13(11)17)19-15(14-4-3-9-21-14)16-18-7-8-20(16)2/h3-10,15,19H,1-2H3. The molecule has 0 aliphatic rings. The van der Waals surface area contributed by atoms with Crippen molar-refractivity contribution >= 4 is 17.0 Å². The van der Waals surface area contributed by atoms with Gasteiger partial charge in [0.2, 0.25) is 0 Å². The van der Waals surface area contributed by atoms with Gasteiger partial charge in [-0.1, -0.05) is 12.1 Å². The molecule has 1 atom stereocenters. The minimum Gasteiger partial charge on any atom is -0.371 e. The largest absolute Gasteiger partial charge is 0.371 e. The van der Waals surface area contributed by atoms with Crippen LogP contribution in [-0.2, 0) is 7.05 Å². The molecule has 1 aromatic carbocycles. The van der Waals surface area contributed by atoms with E-state index in [0.717, 1.165) is 16.4 Å². The highest BCUT2D eigenvalue weighted by Gasteiger charge is 2.19. The molecule has 1 unspecified atom stereocenters. The quantitative estimate of drug-likeness (QED) is 0.785. The van der Waals surface area contributed by atoms with Crippen molar-refractivity contribution in [3.63, 3.8) is 0 Å². The SMILES string of the molecule is Cc1ccc(NC(c2cccs2)c2nccn2C)cc1F. The van der Waals surface area contributed by atoms with Crippen LogP contribution in [-0.4, -0.2) is 9.55 Å². The minimum atomic E-state index is -0.204. The lowest BCUT2D eigenvalue weighted by atomic mass is 10.1. The first-order valence-corrected chi connectivity index (χ1v) is 7.56. The van der Waals surface area contributed by atoms with E-state index in [0.29, 0.717) is 5.56 Å². The Kier molecular flexibility index (Phi) is 3.75. The number of nitrogens with one attached hydrogen (secondary N) is 1. The third-order valence-electron chi connectivity index (χ3n) is 3.43.